The molecule has 0 aromatic heterocycles. The molecule has 2 bridgehead atoms. The average molecular weight is 141 g/mol. The van der Waals surface area contributed by atoms with E-state index in [-0.39, 0.29) is 0 Å². The van der Waals surface area contributed by atoms with Crippen LogP contribution in [0.2, 0.25) is 0 Å². The summed E-state index contributed by atoms with van der Waals surface area (Å²) in [6, 6.07) is 1.60. The van der Waals surface area contributed by atoms with E-state index in [1.54, 1.807) is 0 Å². The number of piperidine rings is 1. The lowest BCUT2D eigenvalue weighted by molar-refractivity contribution is 0.130. The fraction of sp³-hybridized carbons (Fsp3) is 1.00. The Hall–Kier alpha value is -0.120. The molecule has 0 unspecified atom stereocenters. The zero-order chi connectivity index (χ0) is 7.14. The predicted octanol–water partition coefficient (Wildman–Crippen LogP) is -0.186. The largest absolute Gasteiger partial charge is 0.328 e. The van der Waals surface area contributed by atoms with Crippen molar-refractivity contribution in [1.82, 2.24) is 5.01 Å². The standard InChI is InChI=1S/C7H15N3/c8-5-3-6-1-2-7(4-5)10(6)9/h5-7H,1-4,8-9H2/t5-,6+,7-. The average Bonchev–Trinajstić information content (AvgIpc) is 2.20. The fourth-order valence-electron chi connectivity index (χ4n) is 2.26. The third kappa shape index (κ3) is 0.856. The van der Waals surface area contributed by atoms with Gasteiger partial charge in [-0.25, -0.2) is 5.01 Å². The second kappa shape index (κ2) is 2.19. The summed E-state index contributed by atoms with van der Waals surface area (Å²) in [5, 5.41) is 2.02. The number of hydrazine groups is 1. The smallest absolute Gasteiger partial charge is 0.0259 e. The van der Waals surface area contributed by atoms with Gasteiger partial charge in [-0.2, -0.15) is 0 Å². The number of fused-ring (bicyclic) bond motifs is 2. The minimum absolute atomic E-state index is 0.414. The van der Waals surface area contributed by atoms with Gasteiger partial charge in [-0.15, -0.1) is 0 Å². The minimum atomic E-state index is 0.414. The second-order valence-electron chi connectivity index (χ2n) is 3.56. The van der Waals surface area contributed by atoms with Gasteiger partial charge in [-0.1, -0.05) is 0 Å². The summed E-state index contributed by atoms with van der Waals surface area (Å²) < 4.78 is 0. The molecule has 0 amide bonds. The van der Waals surface area contributed by atoms with Crippen molar-refractivity contribution < 1.29 is 0 Å². The highest BCUT2D eigenvalue weighted by molar-refractivity contribution is 4.93. The lowest BCUT2D eigenvalue weighted by atomic mass is 10.0. The molecule has 0 aromatic carbocycles. The molecule has 58 valence electrons. The predicted molar refractivity (Wildman–Crippen MR) is 40.0 cm³/mol. The molecule has 2 heterocycles. The molecular weight excluding hydrogens is 126 g/mol. The number of rotatable bonds is 0. The van der Waals surface area contributed by atoms with E-state index in [9.17, 15) is 0 Å². The Morgan fingerprint density at radius 1 is 1.10 bits per heavy atom. The molecule has 0 saturated carbocycles. The number of nitrogens with zero attached hydrogens (tertiary/aromatic N) is 1. The zero-order valence-electron chi connectivity index (χ0n) is 6.16. The van der Waals surface area contributed by atoms with Crippen LogP contribution < -0.4 is 11.6 Å². The van der Waals surface area contributed by atoms with Crippen molar-refractivity contribution in [2.75, 3.05) is 0 Å². The first-order valence-corrected chi connectivity index (χ1v) is 4.06. The molecule has 0 aromatic rings. The lowest BCUT2D eigenvalue weighted by Crippen LogP contribution is -2.50. The van der Waals surface area contributed by atoms with Gasteiger partial charge in [0.25, 0.3) is 0 Å². The molecular formula is C7H15N3. The molecule has 0 spiro atoms. The van der Waals surface area contributed by atoms with Crippen LogP contribution in [0.4, 0.5) is 0 Å². The van der Waals surface area contributed by atoms with Gasteiger partial charge in [0.05, 0.1) is 0 Å². The van der Waals surface area contributed by atoms with Gasteiger partial charge in [-0.05, 0) is 25.7 Å². The van der Waals surface area contributed by atoms with Gasteiger partial charge in [0.2, 0.25) is 0 Å². The van der Waals surface area contributed by atoms with Crippen molar-refractivity contribution in [3.05, 3.63) is 0 Å². The van der Waals surface area contributed by atoms with Crippen LogP contribution in [0.15, 0.2) is 0 Å². The van der Waals surface area contributed by atoms with E-state index in [4.69, 9.17) is 11.6 Å². The van der Waals surface area contributed by atoms with Crippen molar-refractivity contribution in [3.63, 3.8) is 0 Å². The molecule has 3 heteroatoms. The SMILES string of the molecule is N[C@H]1C[C@H]2CC[C@@H](C1)N2N. The summed E-state index contributed by atoms with van der Waals surface area (Å²) in [4.78, 5) is 0. The van der Waals surface area contributed by atoms with Crippen LogP contribution in [0.3, 0.4) is 0 Å². The Balaban J connectivity index is 2.09. The Labute approximate surface area is 61.3 Å². The summed E-state index contributed by atoms with van der Waals surface area (Å²) >= 11 is 0. The molecule has 0 aliphatic carbocycles. The van der Waals surface area contributed by atoms with Crippen LogP contribution in [0.5, 0.6) is 0 Å². The van der Waals surface area contributed by atoms with Gasteiger partial charge in [0.1, 0.15) is 0 Å². The molecule has 2 aliphatic rings. The van der Waals surface area contributed by atoms with E-state index < -0.39 is 0 Å². The second-order valence-corrected chi connectivity index (χ2v) is 3.56. The van der Waals surface area contributed by atoms with Crippen LogP contribution in [-0.4, -0.2) is 23.1 Å². The van der Waals surface area contributed by atoms with Crippen LogP contribution in [-0.2, 0) is 0 Å². The maximum absolute atomic E-state index is 5.84. The molecule has 2 aliphatic heterocycles. The van der Waals surface area contributed by atoms with Crippen molar-refractivity contribution in [3.8, 4) is 0 Å². The van der Waals surface area contributed by atoms with E-state index in [2.05, 4.69) is 0 Å². The summed E-state index contributed by atoms with van der Waals surface area (Å²) in [6.45, 7) is 0. The molecule has 2 rings (SSSR count). The Morgan fingerprint density at radius 3 is 2.10 bits per heavy atom. The van der Waals surface area contributed by atoms with E-state index in [1.807, 2.05) is 5.01 Å². The Kier molecular flexibility index (Phi) is 1.44. The van der Waals surface area contributed by atoms with Crippen molar-refractivity contribution in [2.45, 2.75) is 43.8 Å². The first-order chi connectivity index (χ1) is 4.77. The van der Waals surface area contributed by atoms with E-state index in [0.717, 1.165) is 12.8 Å². The summed E-state index contributed by atoms with van der Waals surface area (Å²) in [5.41, 5.74) is 5.84. The molecule has 10 heavy (non-hydrogen) atoms. The number of nitrogens with two attached hydrogens (primary N) is 2. The van der Waals surface area contributed by atoms with Gasteiger partial charge in [0, 0.05) is 18.1 Å². The molecule has 3 atom stereocenters. The number of hydrogen-bond acceptors (Lipinski definition) is 3. The third-order valence-electron chi connectivity index (χ3n) is 2.83. The highest BCUT2D eigenvalue weighted by atomic mass is 15.5. The number of hydrogen-bond donors (Lipinski definition) is 2. The highest BCUT2D eigenvalue weighted by Gasteiger charge is 2.37. The van der Waals surface area contributed by atoms with Crippen molar-refractivity contribution in [2.24, 2.45) is 11.6 Å². The summed E-state index contributed by atoms with van der Waals surface area (Å²) in [7, 11) is 0. The third-order valence-corrected chi connectivity index (χ3v) is 2.83. The van der Waals surface area contributed by atoms with Gasteiger partial charge >= 0.3 is 0 Å². The van der Waals surface area contributed by atoms with Crippen molar-refractivity contribution in [1.29, 1.82) is 0 Å². The van der Waals surface area contributed by atoms with Crippen molar-refractivity contribution >= 4 is 0 Å². The zero-order valence-corrected chi connectivity index (χ0v) is 6.16. The normalized spacial score (nSPS) is 48.0. The topological polar surface area (TPSA) is 55.3 Å². The maximum Gasteiger partial charge on any atom is 0.0259 e. The molecule has 3 nitrogen and oxygen atoms in total. The summed E-state index contributed by atoms with van der Waals surface area (Å²) in [6.07, 6.45) is 4.73. The highest BCUT2D eigenvalue weighted by Crippen LogP contribution is 2.31. The van der Waals surface area contributed by atoms with E-state index in [0.29, 0.717) is 18.1 Å². The molecule has 2 saturated heterocycles. The first kappa shape index (κ1) is 6.58. The lowest BCUT2D eigenvalue weighted by Gasteiger charge is -2.33. The van der Waals surface area contributed by atoms with Crippen LogP contribution in [0, 0.1) is 0 Å². The van der Waals surface area contributed by atoms with E-state index >= 15 is 0 Å². The Morgan fingerprint density at radius 2 is 1.60 bits per heavy atom. The van der Waals surface area contributed by atoms with E-state index in [1.165, 1.54) is 12.8 Å². The van der Waals surface area contributed by atoms with Gasteiger partial charge in [0.15, 0.2) is 0 Å². The minimum Gasteiger partial charge on any atom is -0.328 e. The summed E-state index contributed by atoms with van der Waals surface area (Å²) in [5.74, 6) is 5.82. The van der Waals surface area contributed by atoms with Gasteiger partial charge < -0.3 is 5.73 Å². The quantitative estimate of drug-likeness (QED) is 0.460. The Bertz CT molecular complexity index is 123. The molecule has 4 N–H and O–H groups in total. The van der Waals surface area contributed by atoms with Crippen LogP contribution >= 0.6 is 0 Å². The maximum atomic E-state index is 5.84. The molecule has 0 radical (unpaired) electrons. The van der Waals surface area contributed by atoms with Crippen LogP contribution in [0.25, 0.3) is 0 Å². The fourth-order valence-corrected chi connectivity index (χ4v) is 2.26. The van der Waals surface area contributed by atoms with Crippen LogP contribution in [0.1, 0.15) is 25.7 Å². The first-order valence-electron chi connectivity index (χ1n) is 4.06. The van der Waals surface area contributed by atoms with Gasteiger partial charge in [-0.3, -0.25) is 5.84 Å². The monoisotopic (exact) mass is 141 g/mol. The molecule has 2 fully saturated rings.